The molecule has 3 N–H and O–H groups in total. The van der Waals surface area contributed by atoms with Gasteiger partial charge in [-0.2, -0.15) is 0 Å². The van der Waals surface area contributed by atoms with Gasteiger partial charge in [0, 0.05) is 12.4 Å². The average molecular weight is 175 g/mol. The Morgan fingerprint density at radius 1 is 1.77 bits per heavy atom. The van der Waals surface area contributed by atoms with Crippen LogP contribution in [0.5, 0.6) is 0 Å². The summed E-state index contributed by atoms with van der Waals surface area (Å²) in [6.45, 7) is 0.351. The Bertz CT molecular complexity index is 354. The van der Waals surface area contributed by atoms with Crippen LogP contribution in [0.4, 0.5) is 5.69 Å². The van der Waals surface area contributed by atoms with Crippen molar-refractivity contribution in [2.45, 2.75) is 0 Å². The number of nitrogens with one attached hydrogen (secondary N) is 1. The molecule has 4 nitrogen and oxygen atoms in total. The minimum absolute atomic E-state index is 0.345. The molecule has 0 aromatic carbocycles. The second-order valence-corrected chi connectivity index (χ2v) is 2.34. The van der Waals surface area contributed by atoms with E-state index in [0.29, 0.717) is 17.8 Å². The average Bonchev–Trinajstić information content (AvgIpc) is 2.15. The third-order valence-corrected chi connectivity index (χ3v) is 1.47. The van der Waals surface area contributed by atoms with Crippen molar-refractivity contribution in [2.24, 2.45) is 5.73 Å². The summed E-state index contributed by atoms with van der Waals surface area (Å²) in [5, 5.41) is 2.87. The van der Waals surface area contributed by atoms with Crippen molar-refractivity contribution in [2.75, 3.05) is 11.9 Å². The van der Waals surface area contributed by atoms with E-state index in [1.54, 1.807) is 12.3 Å². The lowest BCUT2D eigenvalue weighted by atomic mass is 10.2. The van der Waals surface area contributed by atoms with Crippen molar-refractivity contribution >= 4 is 11.6 Å². The molecule has 0 aliphatic heterocycles. The zero-order valence-electron chi connectivity index (χ0n) is 6.95. The number of hydrogen-bond donors (Lipinski definition) is 2. The van der Waals surface area contributed by atoms with Crippen molar-refractivity contribution in [1.82, 2.24) is 4.98 Å². The molecular formula is C9H9N3O. The van der Waals surface area contributed by atoms with E-state index in [4.69, 9.17) is 12.2 Å². The molecule has 0 unspecified atom stereocenters. The summed E-state index contributed by atoms with van der Waals surface area (Å²) >= 11 is 0. The number of nitrogens with two attached hydrogens (primary N) is 1. The number of anilines is 1. The highest BCUT2D eigenvalue weighted by Crippen LogP contribution is 2.11. The highest BCUT2D eigenvalue weighted by molar-refractivity contribution is 5.98. The van der Waals surface area contributed by atoms with Gasteiger partial charge in [-0.05, 0) is 6.07 Å². The van der Waals surface area contributed by atoms with Gasteiger partial charge in [0.05, 0.1) is 17.8 Å². The monoisotopic (exact) mass is 175 g/mol. The van der Waals surface area contributed by atoms with Crippen molar-refractivity contribution in [3.63, 3.8) is 0 Å². The fourth-order valence-corrected chi connectivity index (χ4v) is 0.891. The van der Waals surface area contributed by atoms with Crippen LogP contribution in [-0.4, -0.2) is 17.4 Å². The van der Waals surface area contributed by atoms with Crippen LogP contribution in [0, 0.1) is 12.3 Å². The molecule has 66 valence electrons. The topological polar surface area (TPSA) is 68.0 Å². The van der Waals surface area contributed by atoms with Crippen molar-refractivity contribution in [3.8, 4) is 12.3 Å². The molecule has 1 rings (SSSR count). The van der Waals surface area contributed by atoms with Gasteiger partial charge in [0.15, 0.2) is 0 Å². The first-order valence-corrected chi connectivity index (χ1v) is 3.67. The largest absolute Gasteiger partial charge is 0.373 e. The van der Waals surface area contributed by atoms with Crippen LogP contribution >= 0.6 is 0 Å². The summed E-state index contributed by atoms with van der Waals surface area (Å²) in [5.41, 5.74) is 6.07. The molecule has 0 aliphatic rings. The van der Waals surface area contributed by atoms with E-state index in [2.05, 4.69) is 16.2 Å². The van der Waals surface area contributed by atoms with E-state index in [0.717, 1.165) is 0 Å². The fourth-order valence-electron chi connectivity index (χ4n) is 0.891. The molecule has 0 radical (unpaired) electrons. The number of carbonyl (C=O) groups is 1. The standard InChI is InChI=1S/C9H9N3O/c1-2-4-12-8-3-5-11-6-7(8)9(10)13/h1,3,5-6H,4H2,(H2,10,13)(H,11,12). The molecule has 0 atom stereocenters. The van der Waals surface area contributed by atoms with E-state index in [-0.39, 0.29) is 0 Å². The summed E-state index contributed by atoms with van der Waals surface area (Å²) in [6, 6.07) is 1.65. The Morgan fingerprint density at radius 3 is 3.15 bits per heavy atom. The second kappa shape index (κ2) is 4.12. The van der Waals surface area contributed by atoms with Crippen molar-refractivity contribution in [3.05, 3.63) is 24.0 Å². The Morgan fingerprint density at radius 2 is 2.54 bits per heavy atom. The maximum atomic E-state index is 10.9. The molecule has 0 saturated carbocycles. The summed E-state index contributed by atoms with van der Waals surface area (Å²) < 4.78 is 0. The smallest absolute Gasteiger partial charge is 0.252 e. The number of rotatable bonds is 3. The fraction of sp³-hybridized carbons (Fsp3) is 0.111. The van der Waals surface area contributed by atoms with Gasteiger partial charge in [-0.15, -0.1) is 6.42 Å². The highest BCUT2D eigenvalue weighted by atomic mass is 16.1. The van der Waals surface area contributed by atoms with Crippen LogP contribution in [0.1, 0.15) is 10.4 Å². The maximum Gasteiger partial charge on any atom is 0.252 e. The molecule has 0 saturated heterocycles. The third-order valence-electron chi connectivity index (χ3n) is 1.47. The summed E-state index contributed by atoms with van der Waals surface area (Å²) in [5.74, 6) is 1.88. The van der Waals surface area contributed by atoms with E-state index in [1.807, 2.05) is 0 Å². The van der Waals surface area contributed by atoms with E-state index in [1.165, 1.54) is 6.20 Å². The number of terminal acetylenes is 1. The molecule has 13 heavy (non-hydrogen) atoms. The SMILES string of the molecule is C#CCNc1ccncc1C(N)=O. The van der Waals surface area contributed by atoms with Crippen LogP contribution < -0.4 is 11.1 Å². The molecule has 1 amide bonds. The Hall–Kier alpha value is -2.02. The number of primary amides is 1. The van der Waals surface area contributed by atoms with E-state index >= 15 is 0 Å². The van der Waals surface area contributed by atoms with Gasteiger partial charge >= 0.3 is 0 Å². The molecule has 1 heterocycles. The number of carbonyl (C=O) groups excluding carboxylic acids is 1. The molecule has 1 aromatic heterocycles. The van der Waals surface area contributed by atoms with Gasteiger partial charge in [-0.1, -0.05) is 5.92 Å². The first-order chi connectivity index (χ1) is 6.25. The van der Waals surface area contributed by atoms with Gasteiger partial charge in [0.2, 0.25) is 0 Å². The first-order valence-electron chi connectivity index (χ1n) is 3.67. The Labute approximate surface area is 76.2 Å². The normalized spacial score (nSPS) is 8.85. The van der Waals surface area contributed by atoms with Crippen LogP contribution in [-0.2, 0) is 0 Å². The number of aromatic nitrogens is 1. The zero-order valence-corrected chi connectivity index (χ0v) is 6.95. The summed E-state index contributed by atoms with van der Waals surface area (Å²) in [4.78, 5) is 14.7. The van der Waals surface area contributed by atoms with Crippen LogP contribution in [0.2, 0.25) is 0 Å². The van der Waals surface area contributed by atoms with Crippen LogP contribution in [0.3, 0.4) is 0 Å². The maximum absolute atomic E-state index is 10.9. The lowest BCUT2D eigenvalue weighted by molar-refractivity contribution is 0.100. The zero-order chi connectivity index (χ0) is 9.68. The van der Waals surface area contributed by atoms with Crippen molar-refractivity contribution < 1.29 is 4.79 Å². The van der Waals surface area contributed by atoms with Crippen LogP contribution in [0.15, 0.2) is 18.5 Å². The van der Waals surface area contributed by atoms with Gasteiger partial charge in [0.1, 0.15) is 0 Å². The molecular weight excluding hydrogens is 166 g/mol. The quantitative estimate of drug-likeness (QED) is 0.646. The van der Waals surface area contributed by atoms with E-state index < -0.39 is 5.91 Å². The minimum Gasteiger partial charge on any atom is -0.373 e. The molecule has 0 bridgehead atoms. The predicted molar refractivity (Wildman–Crippen MR) is 50.1 cm³/mol. The Balaban J connectivity index is 2.92. The predicted octanol–water partition coefficient (Wildman–Crippen LogP) is 0.226. The lowest BCUT2D eigenvalue weighted by Crippen LogP contribution is -2.14. The molecule has 4 heteroatoms. The van der Waals surface area contributed by atoms with E-state index in [9.17, 15) is 4.79 Å². The summed E-state index contributed by atoms with van der Waals surface area (Å²) in [6.07, 6.45) is 8.02. The second-order valence-electron chi connectivity index (χ2n) is 2.34. The molecule has 1 aromatic rings. The third kappa shape index (κ3) is 2.20. The lowest BCUT2D eigenvalue weighted by Gasteiger charge is -2.05. The number of pyridine rings is 1. The van der Waals surface area contributed by atoms with Gasteiger partial charge in [-0.3, -0.25) is 9.78 Å². The van der Waals surface area contributed by atoms with Gasteiger partial charge in [-0.25, -0.2) is 0 Å². The highest BCUT2D eigenvalue weighted by Gasteiger charge is 2.05. The first kappa shape index (κ1) is 9.07. The number of nitrogens with zero attached hydrogens (tertiary/aromatic N) is 1. The molecule has 0 spiro atoms. The minimum atomic E-state index is -0.521. The molecule has 0 aliphatic carbocycles. The Kier molecular flexibility index (Phi) is 2.87. The van der Waals surface area contributed by atoms with Crippen molar-refractivity contribution in [1.29, 1.82) is 0 Å². The summed E-state index contributed by atoms with van der Waals surface area (Å²) in [7, 11) is 0. The number of amides is 1. The molecule has 0 fully saturated rings. The number of hydrogen-bond acceptors (Lipinski definition) is 3. The van der Waals surface area contributed by atoms with Crippen LogP contribution in [0.25, 0.3) is 0 Å². The van der Waals surface area contributed by atoms with Gasteiger partial charge < -0.3 is 11.1 Å². The van der Waals surface area contributed by atoms with Gasteiger partial charge in [0.25, 0.3) is 5.91 Å².